The van der Waals surface area contributed by atoms with E-state index < -0.39 is 0 Å². The minimum absolute atomic E-state index is 0.136. The summed E-state index contributed by atoms with van der Waals surface area (Å²) in [6, 6.07) is 7.95. The van der Waals surface area contributed by atoms with Crippen molar-refractivity contribution in [3.05, 3.63) is 29.8 Å². The van der Waals surface area contributed by atoms with Crippen LogP contribution in [0.4, 0.5) is 5.69 Å². The number of nitrogens with zero attached hydrogens (tertiary/aromatic N) is 1. The molecule has 0 spiro atoms. The van der Waals surface area contributed by atoms with Gasteiger partial charge in [-0.15, -0.1) is 0 Å². The molecule has 0 saturated heterocycles. The highest BCUT2D eigenvalue weighted by Crippen LogP contribution is 2.25. The van der Waals surface area contributed by atoms with Crippen molar-refractivity contribution in [1.29, 1.82) is 0 Å². The number of benzene rings is 1. The maximum absolute atomic E-state index is 11.9. The van der Waals surface area contributed by atoms with Gasteiger partial charge in [0.2, 0.25) is 5.91 Å². The number of nitrogens with one attached hydrogen (secondary N) is 2. The van der Waals surface area contributed by atoms with Crippen LogP contribution in [0.15, 0.2) is 29.3 Å². The van der Waals surface area contributed by atoms with Crippen LogP contribution in [0.3, 0.4) is 0 Å². The zero-order valence-electron chi connectivity index (χ0n) is 14.0. The van der Waals surface area contributed by atoms with Crippen molar-refractivity contribution < 1.29 is 4.79 Å². The fourth-order valence-corrected chi connectivity index (χ4v) is 2.92. The molecule has 1 saturated carbocycles. The van der Waals surface area contributed by atoms with Gasteiger partial charge in [0.05, 0.1) is 6.54 Å². The Bertz CT molecular complexity index is 518. The first-order chi connectivity index (χ1) is 11.1. The topological polar surface area (TPSA) is 79.5 Å². The molecule has 126 valence electrons. The fourth-order valence-electron chi connectivity index (χ4n) is 2.92. The van der Waals surface area contributed by atoms with Crippen LogP contribution < -0.4 is 16.4 Å². The number of anilines is 1. The second-order valence-electron chi connectivity index (χ2n) is 6.32. The number of hydrogen-bond donors (Lipinski definition) is 3. The zero-order valence-corrected chi connectivity index (χ0v) is 14.0. The number of hydrogen-bond acceptors (Lipinski definition) is 2. The van der Waals surface area contributed by atoms with Crippen LogP contribution in [-0.2, 0) is 4.79 Å². The van der Waals surface area contributed by atoms with Crippen molar-refractivity contribution in [2.24, 2.45) is 16.6 Å². The fraction of sp³-hybridized carbons (Fsp3) is 0.556. The normalized spacial score (nSPS) is 16.1. The molecule has 0 heterocycles. The van der Waals surface area contributed by atoms with Gasteiger partial charge in [0, 0.05) is 18.7 Å². The van der Waals surface area contributed by atoms with Crippen LogP contribution in [0, 0.1) is 12.8 Å². The third-order valence-electron chi connectivity index (χ3n) is 4.24. The summed E-state index contributed by atoms with van der Waals surface area (Å²) in [5, 5.41) is 5.97. The lowest BCUT2D eigenvalue weighted by Gasteiger charge is -2.20. The van der Waals surface area contributed by atoms with Gasteiger partial charge in [0.25, 0.3) is 0 Å². The summed E-state index contributed by atoms with van der Waals surface area (Å²) in [6.07, 6.45) is 6.89. The van der Waals surface area contributed by atoms with Crippen molar-refractivity contribution in [1.82, 2.24) is 5.32 Å². The molecule has 1 aliphatic carbocycles. The third kappa shape index (κ3) is 6.72. The van der Waals surface area contributed by atoms with Gasteiger partial charge >= 0.3 is 0 Å². The molecule has 0 radical (unpaired) electrons. The Labute approximate surface area is 138 Å². The van der Waals surface area contributed by atoms with Gasteiger partial charge in [0.15, 0.2) is 5.96 Å². The molecule has 0 aliphatic heterocycles. The molecule has 1 aromatic rings. The number of carbonyl (C=O) groups is 1. The van der Waals surface area contributed by atoms with Crippen LogP contribution in [0.5, 0.6) is 0 Å². The average Bonchev–Trinajstić information content (AvgIpc) is 2.55. The smallest absolute Gasteiger partial charge is 0.220 e. The van der Waals surface area contributed by atoms with Gasteiger partial charge in [-0.25, -0.2) is 0 Å². The highest BCUT2D eigenvalue weighted by molar-refractivity contribution is 5.92. The monoisotopic (exact) mass is 316 g/mol. The minimum atomic E-state index is 0.136. The zero-order chi connectivity index (χ0) is 16.5. The second kappa shape index (κ2) is 9.18. The molecule has 1 amide bonds. The Kier molecular flexibility index (Phi) is 6.91. The minimum Gasteiger partial charge on any atom is -0.370 e. The molecular formula is C18H28N4O. The largest absolute Gasteiger partial charge is 0.370 e. The van der Waals surface area contributed by atoms with Gasteiger partial charge in [-0.05, 0) is 37.8 Å². The van der Waals surface area contributed by atoms with E-state index >= 15 is 0 Å². The van der Waals surface area contributed by atoms with Gasteiger partial charge in [-0.1, -0.05) is 37.0 Å². The predicted molar refractivity (Wildman–Crippen MR) is 95.5 cm³/mol. The van der Waals surface area contributed by atoms with Crippen molar-refractivity contribution in [3.63, 3.8) is 0 Å². The van der Waals surface area contributed by atoms with Crippen LogP contribution in [0.25, 0.3) is 0 Å². The van der Waals surface area contributed by atoms with E-state index in [-0.39, 0.29) is 5.91 Å². The molecule has 1 aromatic carbocycles. The summed E-state index contributed by atoms with van der Waals surface area (Å²) >= 11 is 0. The number of amides is 1. The van der Waals surface area contributed by atoms with Crippen molar-refractivity contribution in [2.75, 3.05) is 18.4 Å². The molecule has 0 atom stereocenters. The summed E-state index contributed by atoms with van der Waals surface area (Å²) in [5.41, 5.74) is 7.95. The van der Waals surface area contributed by atoms with E-state index in [9.17, 15) is 4.79 Å². The summed E-state index contributed by atoms with van der Waals surface area (Å²) < 4.78 is 0. The molecule has 2 rings (SSSR count). The Morgan fingerprint density at radius 2 is 1.91 bits per heavy atom. The van der Waals surface area contributed by atoms with Gasteiger partial charge < -0.3 is 16.4 Å². The van der Waals surface area contributed by atoms with E-state index in [1.54, 1.807) is 0 Å². The Morgan fingerprint density at radius 1 is 1.22 bits per heavy atom. The van der Waals surface area contributed by atoms with Crippen LogP contribution in [0.2, 0.25) is 0 Å². The maximum atomic E-state index is 11.9. The number of rotatable bonds is 6. The first-order valence-electron chi connectivity index (χ1n) is 8.54. The summed E-state index contributed by atoms with van der Waals surface area (Å²) in [7, 11) is 0. The first-order valence-corrected chi connectivity index (χ1v) is 8.54. The predicted octanol–water partition coefficient (Wildman–Crippen LogP) is 2.81. The van der Waals surface area contributed by atoms with E-state index in [1.807, 2.05) is 31.2 Å². The lowest BCUT2D eigenvalue weighted by atomic mass is 9.87. The van der Waals surface area contributed by atoms with Crippen LogP contribution in [0.1, 0.15) is 44.1 Å². The molecule has 0 aromatic heterocycles. The van der Waals surface area contributed by atoms with Gasteiger partial charge in [-0.3, -0.25) is 9.79 Å². The Hall–Kier alpha value is -2.04. The lowest BCUT2D eigenvalue weighted by molar-refractivity contribution is -0.122. The van der Waals surface area contributed by atoms with Crippen LogP contribution >= 0.6 is 0 Å². The number of carbonyl (C=O) groups excluding carboxylic acids is 1. The number of aryl methyl sites for hydroxylation is 1. The van der Waals surface area contributed by atoms with E-state index in [4.69, 9.17) is 5.73 Å². The summed E-state index contributed by atoms with van der Waals surface area (Å²) in [5.74, 6) is 1.08. The van der Waals surface area contributed by atoms with E-state index in [2.05, 4.69) is 15.6 Å². The lowest BCUT2D eigenvalue weighted by Crippen LogP contribution is -2.30. The maximum Gasteiger partial charge on any atom is 0.220 e. The van der Waals surface area contributed by atoms with E-state index in [0.717, 1.165) is 5.69 Å². The van der Waals surface area contributed by atoms with E-state index in [1.165, 1.54) is 37.7 Å². The first kappa shape index (κ1) is 17.3. The summed E-state index contributed by atoms with van der Waals surface area (Å²) in [4.78, 5) is 16.1. The highest BCUT2D eigenvalue weighted by Gasteiger charge is 2.16. The van der Waals surface area contributed by atoms with Gasteiger partial charge in [-0.2, -0.15) is 0 Å². The van der Waals surface area contributed by atoms with Crippen molar-refractivity contribution >= 4 is 17.6 Å². The quantitative estimate of drug-likeness (QED) is 0.429. The van der Waals surface area contributed by atoms with Gasteiger partial charge in [0.1, 0.15) is 0 Å². The number of aliphatic imine (C=N–C) groups is 1. The number of guanidine groups is 1. The molecule has 1 aliphatic rings. The molecule has 5 nitrogen and oxygen atoms in total. The number of nitrogens with two attached hydrogens (primary N) is 1. The molecule has 0 unspecified atom stereocenters. The van der Waals surface area contributed by atoms with Crippen molar-refractivity contribution in [3.8, 4) is 0 Å². The average molecular weight is 316 g/mol. The molecule has 0 bridgehead atoms. The van der Waals surface area contributed by atoms with Crippen molar-refractivity contribution in [2.45, 2.75) is 45.4 Å². The molecular weight excluding hydrogens is 288 g/mol. The molecule has 1 fully saturated rings. The summed E-state index contributed by atoms with van der Waals surface area (Å²) in [6.45, 7) is 3.06. The molecule has 4 N–H and O–H groups in total. The van der Waals surface area contributed by atoms with Crippen LogP contribution in [-0.4, -0.2) is 25.0 Å². The highest BCUT2D eigenvalue weighted by atomic mass is 16.1. The second-order valence-corrected chi connectivity index (χ2v) is 6.32. The Balaban J connectivity index is 1.63. The molecule has 5 heteroatoms. The standard InChI is InChI=1S/C18H28N4O/c1-14-7-9-16(10-8-14)22-18(19)21-12-11-20-17(23)13-15-5-3-2-4-6-15/h7-10,15H,2-6,11-13H2,1H3,(H,20,23)(H3,19,21,22). The van der Waals surface area contributed by atoms with E-state index in [0.29, 0.717) is 31.4 Å². The SMILES string of the molecule is Cc1ccc(NC(N)=NCCNC(=O)CC2CCCCC2)cc1. The Morgan fingerprint density at radius 3 is 2.61 bits per heavy atom. The third-order valence-corrected chi connectivity index (χ3v) is 4.24. The molecule has 23 heavy (non-hydrogen) atoms.